The summed E-state index contributed by atoms with van der Waals surface area (Å²) in [6.45, 7) is 5.82. The summed E-state index contributed by atoms with van der Waals surface area (Å²) >= 11 is 0. The highest BCUT2D eigenvalue weighted by molar-refractivity contribution is 5.86. The number of hydrogen-bond acceptors (Lipinski definition) is 4. The van der Waals surface area contributed by atoms with Crippen LogP contribution in [-0.2, 0) is 6.42 Å². The van der Waals surface area contributed by atoms with E-state index in [9.17, 15) is 4.79 Å². The van der Waals surface area contributed by atoms with Crippen molar-refractivity contribution in [2.45, 2.75) is 33.2 Å². The summed E-state index contributed by atoms with van der Waals surface area (Å²) in [4.78, 5) is 18.9. The molecule has 0 atom stereocenters. The summed E-state index contributed by atoms with van der Waals surface area (Å²) in [6.07, 6.45) is 0.619. The molecule has 1 rings (SSSR count). The third-order valence-electron chi connectivity index (χ3n) is 1.74. The third-order valence-corrected chi connectivity index (χ3v) is 1.74. The van der Waals surface area contributed by atoms with E-state index in [1.807, 2.05) is 20.8 Å². The van der Waals surface area contributed by atoms with Gasteiger partial charge in [0.1, 0.15) is 11.6 Å². The predicted molar refractivity (Wildman–Crippen MR) is 57.1 cm³/mol. The van der Waals surface area contributed by atoms with Crippen molar-refractivity contribution in [3.63, 3.8) is 0 Å². The zero-order valence-corrected chi connectivity index (χ0v) is 9.11. The molecule has 5 heteroatoms. The van der Waals surface area contributed by atoms with Crippen molar-refractivity contribution in [1.29, 1.82) is 0 Å². The zero-order valence-electron chi connectivity index (χ0n) is 9.11. The van der Waals surface area contributed by atoms with Crippen LogP contribution in [0.3, 0.4) is 0 Å². The molecule has 0 saturated heterocycles. The van der Waals surface area contributed by atoms with Crippen molar-refractivity contribution in [3.8, 4) is 0 Å². The summed E-state index contributed by atoms with van der Waals surface area (Å²) < 4.78 is 0. The number of carboxylic acids is 1. The average molecular weight is 209 g/mol. The molecule has 1 heterocycles. The topological polar surface area (TPSA) is 75.1 Å². The number of aromatic nitrogens is 2. The summed E-state index contributed by atoms with van der Waals surface area (Å²) in [7, 11) is 0. The lowest BCUT2D eigenvalue weighted by molar-refractivity contribution is 0.0690. The van der Waals surface area contributed by atoms with Crippen LogP contribution in [0.5, 0.6) is 0 Å². The van der Waals surface area contributed by atoms with E-state index in [2.05, 4.69) is 15.3 Å². The van der Waals surface area contributed by atoms with E-state index in [4.69, 9.17) is 5.11 Å². The maximum atomic E-state index is 10.8. The van der Waals surface area contributed by atoms with Crippen molar-refractivity contribution in [2.24, 2.45) is 0 Å². The first-order chi connectivity index (χ1) is 7.02. The number of nitrogens with one attached hydrogen (secondary N) is 1. The molecule has 0 aliphatic carbocycles. The fourth-order valence-corrected chi connectivity index (χ4v) is 1.13. The minimum absolute atomic E-state index is 0.0324. The van der Waals surface area contributed by atoms with Gasteiger partial charge in [-0.05, 0) is 13.8 Å². The van der Waals surface area contributed by atoms with E-state index < -0.39 is 5.97 Å². The van der Waals surface area contributed by atoms with Crippen molar-refractivity contribution < 1.29 is 9.90 Å². The number of anilines is 1. The molecule has 0 aliphatic rings. The van der Waals surface area contributed by atoms with E-state index in [-0.39, 0.29) is 11.7 Å². The standard InChI is InChI=1S/C10H15N3O2/c1-4-8-12-7(10(14)15)5-9(13-8)11-6(2)3/h5-6H,4H2,1-3H3,(H,14,15)(H,11,12,13). The van der Waals surface area contributed by atoms with Crippen LogP contribution < -0.4 is 5.32 Å². The van der Waals surface area contributed by atoms with Gasteiger partial charge in [-0.1, -0.05) is 6.92 Å². The summed E-state index contributed by atoms with van der Waals surface area (Å²) in [5, 5.41) is 11.9. The van der Waals surface area contributed by atoms with Gasteiger partial charge in [0.15, 0.2) is 5.69 Å². The molecule has 0 bridgehead atoms. The van der Waals surface area contributed by atoms with Crippen LogP contribution in [0.25, 0.3) is 0 Å². The molecule has 0 aliphatic heterocycles. The quantitative estimate of drug-likeness (QED) is 0.787. The normalized spacial score (nSPS) is 10.4. The molecule has 0 radical (unpaired) electrons. The Hall–Kier alpha value is -1.65. The van der Waals surface area contributed by atoms with E-state index >= 15 is 0 Å². The molecule has 82 valence electrons. The summed E-state index contributed by atoms with van der Waals surface area (Å²) in [5.41, 5.74) is 0.0324. The fourth-order valence-electron chi connectivity index (χ4n) is 1.13. The molecular weight excluding hydrogens is 194 g/mol. The Balaban J connectivity index is 3.05. The number of rotatable bonds is 4. The smallest absolute Gasteiger partial charge is 0.354 e. The second-order valence-electron chi connectivity index (χ2n) is 3.51. The Bertz CT molecular complexity index is 364. The number of aryl methyl sites for hydroxylation is 1. The van der Waals surface area contributed by atoms with Crippen LogP contribution in [-0.4, -0.2) is 27.1 Å². The molecule has 0 saturated carbocycles. The van der Waals surface area contributed by atoms with Crippen LogP contribution in [0, 0.1) is 0 Å². The number of hydrogen-bond donors (Lipinski definition) is 2. The summed E-state index contributed by atoms with van der Waals surface area (Å²) in [5.74, 6) is 0.0752. The monoisotopic (exact) mass is 209 g/mol. The van der Waals surface area contributed by atoms with Crippen molar-refractivity contribution in [1.82, 2.24) is 9.97 Å². The first kappa shape index (κ1) is 11.4. The Morgan fingerprint density at radius 3 is 2.67 bits per heavy atom. The Morgan fingerprint density at radius 1 is 1.53 bits per heavy atom. The third kappa shape index (κ3) is 3.19. The minimum Gasteiger partial charge on any atom is -0.477 e. The molecular formula is C10H15N3O2. The van der Waals surface area contributed by atoms with Gasteiger partial charge in [-0.25, -0.2) is 14.8 Å². The van der Waals surface area contributed by atoms with Crippen LogP contribution in [0.4, 0.5) is 5.82 Å². The van der Waals surface area contributed by atoms with Gasteiger partial charge >= 0.3 is 5.97 Å². The van der Waals surface area contributed by atoms with Gasteiger partial charge in [0, 0.05) is 18.5 Å². The van der Waals surface area contributed by atoms with Gasteiger partial charge in [0.2, 0.25) is 0 Å². The molecule has 0 unspecified atom stereocenters. The van der Waals surface area contributed by atoms with E-state index in [1.165, 1.54) is 6.07 Å². The molecule has 15 heavy (non-hydrogen) atoms. The van der Waals surface area contributed by atoms with Crippen LogP contribution in [0.1, 0.15) is 37.1 Å². The highest BCUT2D eigenvalue weighted by atomic mass is 16.4. The largest absolute Gasteiger partial charge is 0.477 e. The molecule has 5 nitrogen and oxygen atoms in total. The second-order valence-corrected chi connectivity index (χ2v) is 3.51. The van der Waals surface area contributed by atoms with E-state index in [0.29, 0.717) is 18.1 Å². The lowest BCUT2D eigenvalue weighted by Crippen LogP contribution is -2.14. The Morgan fingerprint density at radius 2 is 2.20 bits per heavy atom. The van der Waals surface area contributed by atoms with Crippen LogP contribution in [0.2, 0.25) is 0 Å². The van der Waals surface area contributed by atoms with Gasteiger partial charge in [-0.2, -0.15) is 0 Å². The first-order valence-electron chi connectivity index (χ1n) is 4.90. The minimum atomic E-state index is -1.03. The average Bonchev–Trinajstić information content (AvgIpc) is 2.16. The molecule has 1 aromatic heterocycles. The highest BCUT2D eigenvalue weighted by Gasteiger charge is 2.09. The number of carbonyl (C=O) groups is 1. The number of nitrogens with zero attached hydrogens (tertiary/aromatic N) is 2. The Labute approximate surface area is 88.6 Å². The SMILES string of the molecule is CCc1nc(NC(C)C)cc(C(=O)O)n1. The first-order valence-corrected chi connectivity index (χ1v) is 4.90. The molecule has 2 N–H and O–H groups in total. The van der Waals surface area contributed by atoms with Gasteiger partial charge in [-0.15, -0.1) is 0 Å². The van der Waals surface area contributed by atoms with Gasteiger partial charge in [0.05, 0.1) is 0 Å². The second kappa shape index (κ2) is 4.72. The highest BCUT2D eigenvalue weighted by Crippen LogP contribution is 2.08. The fraction of sp³-hybridized carbons (Fsp3) is 0.500. The van der Waals surface area contributed by atoms with E-state index in [1.54, 1.807) is 0 Å². The number of aromatic carboxylic acids is 1. The molecule has 0 spiro atoms. The maximum absolute atomic E-state index is 10.8. The predicted octanol–water partition coefficient (Wildman–Crippen LogP) is 1.56. The van der Waals surface area contributed by atoms with Crippen molar-refractivity contribution in [2.75, 3.05) is 5.32 Å². The maximum Gasteiger partial charge on any atom is 0.354 e. The number of carboxylic acid groups (broad SMARTS) is 1. The lowest BCUT2D eigenvalue weighted by Gasteiger charge is -2.10. The van der Waals surface area contributed by atoms with Crippen molar-refractivity contribution in [3.05, 3.63) is 17.6 Å². The van der Waals surface area contributed by atoms with Crippen molar-refractivity contribution >= 4 is 11.8 Å². The van der Waals surface area contributed by atoms with Gasteiger partial charge in [0.25, 0.3) is 0 Å². The van der Waals surface area contributed by atoms with Crippen LogP contribution in [0.15, 0.2) is 6.07 Å². The molecule has 1 aromatic rings. The molecule has 0 amide bonds. The van der Waals surface area contributed by atoms with Gasteiger partial charge < -0.3 is 10.4 Å². The van der Waals surface area contributed by atoms with Crippen LogP contribution >= 0.6 is 0 Å². The summed E-state index contributed by atoms with van der Waals surface area (Å²) in [6, 6.07) is 1.66. The Kier molecular flexibility index (Phi) is 3.60. The zero-order chi connectivity index (χ0) is 11.4. The molecule has 0 fully saturated rings. The molecule has 0 aromatic carbocycles. The van der Waals surface area contributed by atoms with Gasteiger partial charge in [-0.3, -0.25) is 0 Å². The lowest BCUT2D eigenvalue weighted by atomic mass is 10.3. The van der Waals surface area contributed by atoms with E-state index in [0.717, 1.165) is 0 Å².